The van der Waals surface area contributed by atoms with Gasteiger partial charge in [-0.2, -0.15) is 0 Å². The highest BCUT2D eigenvalue weighted by molar-refractivity contribution is 8.00. The van der Waals surface area contributed by atoms with Crippen LogP contribution in [0.25, 0.3) is 28.6 Å². The third-order valence-corrected chi connectivity index (χ3v) is 10.3. The van der Waals surface area contributed by atoms with E-state index in [1.165, 1.54) is 36.7 Å². The number of carbonyl (C=O) groups is 1. The molecule has 45 heavy (non-hydrogen) atoms. The molecule has 0 radical (unpaired) electrons. The lowest BCUT2D eigenvalue weighted by Gasteiger charge is -2.27. The zero-order valence-electron chi connectivity index (χ0n) is 25.9. The molecule has 234 valence electrons. The topological polar surface area (TPSA) is 67.6 Å². The van der Waals surface area contributed by atoms with Crippen LogP contribution in [0.5, 0.6) is 5.75 Å². The molecule has 1 atom stereocenters. The maximum atomic E-state index is 11.8. The van der Waals surface area contributed by atoms with Gasteiger partial charge in [-0.1, -0.05) is 80.2 Å². The first-order chi connectivity index (χ1) is 21.9. The number of hydrogen-bond donors (Lipinski definition) is 1. The molecule has 1 saturated carbocycles. The molecular formula is C37H40ClN3O3S. The maximum absolute atomic E-state index is 11.8. The van der Waals surface area contributed by atoms with Crippen LogP contribution in [-0.2, 0) is 11.4 Å². The Balaban J connectivity index is 1.26. The summed E-state index contributed by atoms with van der Waals surface area (Å²) in [5.74, 6) is 0.861. The van der Waals surface area contributed by atoms with Crippen molar-refractivity contribution in [3.8, 4) is 28.3 Å². The summed E-state index contributed by atoms with van der Waals surface area (Å²) in [5, 5.41) is 10.8. The first-order valence-corrected chi connectivity index (χ1v) is 17.2. The highest BCUT2D eigenvalue weighted by atomic mass is 35.5. The molecule has 8 heteroatoms. The minimum atomic E-state index is -0.821. The van der Waals surface area contributed by atoms with Crippen molar-refractivity contribution in [3.05, 3.63) is 89.1 Å². The van der Waals surface area contributed by atoms with Crippen LogP contribution in [0.15, 0.2) is 77.8 Å². The molecule has 1 unspecified atom stereocenters. The van der Waals surface area contributed by atoms with E-state index in [1.807, 2.05) is 30.3 Å². The van der Waals surface area contributed by atoms with Crippen LogP contribution in [0.2, 0.25) is 5.02 Å². The van der Waals surface area contributed by atoms with Gasteiger partial charge in [0.1, 0.15) is 28.5 Å². The minimum absolute atomic E-state index is 0.323. The number of carboxylic acid groups (broad SMARTS) is 1. The monoisotopic (exact) mass is 641 g/mol. The Morgan fingerprint density at radius 2 is 1.78 bits per heavy atom. The molecule has 1 N–H and O–H groups in total. The highest BCUT2D eigenvalue weighted by Crippen LogP contribution is 2.42. The molecular weight excluding hydrogens is 602 g/mol. The average Bonchev–Trinajstić information content (AvgIpc) is 3.46. The number of unbranched alkanes of at least 4 members (excludes halogenated alkanes) is 1. The molecule has 6 rings (SSSR count). The highest BCUT2D eigenvalue weighted by Gasteiger charge is 2.30. The first kappa shape index (κ1) is 31.3. The third kappa shape index (κ3) is 7.10. The van der Waals surface area contributed by atoms with Gasteiger partial charge in [-0.15, -0.1) is 0 Å². The second-order valence-corrected chi connectivity index (χ2v) is 13.5. The normalized spacial score (nSPS) is 16.4. The summed E-state index contributed by atoms with van der Waals surface area (Å²) in [7, 11) is 2.14. The molecule has 1 aromatic heterocycles. The molecule has 0 saturated heterocycles. The number of thioether (sulfide) groups is 1. The lowest BCUT2D eigenvalue weighted by atomic mass is 9.95. The smallest absolute Gasteiger partial charge is 0.320 e. The van der Waals surface area contributed by atoms with Gasteiger partial charge in [-0.25, -0.2) is 4.98 Å². The standard InChI is InChI=1S/C37H40ClN3O3S/c1-3-4-22-40(2)30-16-19-32(25-10-14-28(38)15-11-25)27(23-30)24-44-31-17-12-26(13-18-31)35-39-33-20-21-34(37(42)43)45-36(33)41(35)29-8-6-5-7-9-29/h10-21,23,29,34H,3-9,22,24H2,1-2H3,(H,42,43). The zero-order valence-corrected chi connectivity index (χ0v) is 27.5. The molecule has 1 aliphatic carbocycles. The molecule has 4 aromatic rings. The Hall–Kier alpha value is -3.68. The lowest BCUT2D eigenvalue weighted by molar-refractivity contribution is -0.135. The van der Waals surface area contributed by atoms with Gasteiger partial charge in [-0.05, 0) is 90.6 Å². The summed E-state index contributed by atoms with van der Waals surface area (Å²) in [4.78, 5) is 19.1. The fraction of sp³-hybridized carbons (Fsp3) is 0.351. The summed E-state index contributed by atoms with van der Waals surface area (Å²) in [6.45, 7) is 3.64. The zero-order chi connectivity index (χ0) is 31.3. The molecule has 0 spiro atoms. The summed E-state index contributed by atoms with van der Waals surface area (Å²) in [5.41, 5.74) is 6.37. The van der Waals surface area contributed by atoms with E-state index in [0.717, 1.165) is 76.8 Å². The molecule has 2 heterocycles. The van der Waals surface area contributed by atoms with Gasteiger partial charge in [0, 0.05) is 35.9 Å². The van der Waals surface area contributed by atoms with Crippen molar-refractivity contribution >= 4 is 41.1 Å². The second kappa shape index (κ2) is 14.2. The van der Waals surface area contributed by atoms with E-state index < -0.39 is 11.2 Å². The van der Waals surface area contributed by atoms with Crippen LogP contribution in [0.4, 0.5) is 5.69 Å². The summed E-state index contributed by atoms with van der Waals surface area (Å²) in [6, 6.07) is 23.0. The number of anilines is 1. The van der Waals surface area contributed by atoms with Crippen molar-refractivity contribution in [1.29, 1.82) is 0 Å². The fourth-order valence-electron chi connectivity index (χ4n) is 6.25. The number of aromatic nitrogens is 2. The van der Waals surface area contributed by atoms with Crippen molar-refractivity contribution in [2.45, 2.75) is 74.8 Å². The predicted molar refractivity (Wildman–Crippen MR) is 185 cm³/mol. The number of carboxylic acids is 1. The molecule has 3 aromatic carbocycles. The van der Waals surface area contributed by atoms with Crippen molar-refractivity contribution in [3.63, 3.8) is 0 Å². The number of nitrogens with zero attached hydrogens (tertiary/aromatic N) is 3. The Kier molecular flexibility index (Phi) is 9.86. The van der Waals surface area contributed by atoms with Gasteiger partial charge < -0.3 is 19.3 Å². The molecule has 0 bridgehead atoms. The third-order valence-electron chi connectivity index (χ3n) is 8.78. The molecule has 2 aliphatic rings. The van der Waals surface area contributed by atoms with Crippen LogP contribution < -0.4 is 9.64 Å². The number of ether oxygens (including phenoxy) is 1. The Labute approximate surface area is 275 Å². The van der Waals surface area contributed by atoms with Gasteiger partial charge in [0.2, 0.25) is 0 Å². The first-order valence-electron chi connectivity index (χ1n) is 15.9. The van der Waals surface area contributed by atoms with Crippen molar-refractivity contribution in [2.75, 3.05) is 18.5 Å². The van der Waals surface area contributed by atoms with Crippen molar-refractivity contribution in [2.24, 2.45) is 0 Å². The quantitative estimate of drug-likeness (QED) is 0.176. The van der Waals surface area contributed by atoms with Gasteiger partial charge in [0.25, 0.3) is 0 Å². The fourth-order valence-corrected chi connectivity index (χ4v) is 7.46. The van der Waals surface area contributed by atoms with E-state index in [4.69, 9.17) is 21.3 Å². The summed E-state index contributed by atoms with van der Waals surface area (Å²) in [6.07, 6.45) is 11.7. The molecule has 1 aliphatic heterocycles. The number of hydrogen-bond acceptors (Lipinski definition) is 5. The van der Waals surface area contributed by atoms with E-state index in [9.17, 15) is 9.90 Å². The Morgan fingerprint density at radius 3 is 2.49 bits per heavy atom. The van der Waals surface area contributed by atoms with E-state index >= 15 is 0 Å². The number of aliphatic carboxylic acids is 1. The van der Waals surface area contributed by atoms with Crippen LogP contribution in [-0.4, -0.2) is 39.5 Å². The van der Waals surface area contributed by atoms with Crippen molar-refractivity contribution in [1.82, 2.24) is 9.55 Å². The van der Waals surface area contributed by atoms with E-state index in [1.54, 1.807) is 6.08 Å². The SMILES string of the molecule is CCCCN(C)c1ccc(-c2ccc(Cl)cc2)c(COc2ccc(-c3nc4c(n3C3CCCCC3)SC(C(=O)O)C=C4)cc2)c1. The predicted octanol–water partition coefficient (Wildman–Crippen LogP) is 9.76. The van der Waals surface area contributed by atoms with Crippen molar-refractivity contribution < 1.29 is 14.6 Å². The van der Waals surface area contributed by atoms with Crippen LogP contribution in [0, 0.1) is 0 Å². The number of halogens is 1. The van der Waals surface area contributed by atoms with Crippen LogP contribution >= 0.6 is 23.4 Å². The Morgan fingerprint density at radius 1 is 1.04 bits per heavy atom. The van der Waals surface area contributed by atoms with E-state index in [2.05, 4.69) is 65.9 Å². The molecule has 0 amide bonds. The molecule has 1 fully saturated rings. The molecule has 6 nitrogen and oxygen atoms in total. The van der Waals surface area contributed by atoms with E-state index in [-0.39, 0.29) is 0 Å². The van der Waals surface area contributed by atoms with E-state index in [0.29, 0.717) is 17.7 Å². The number of rotatable bonds is 11. The maximum Gasteiger partial charge on any atom is 0.320 e. The number of fused-ring (bicyclic) bond motifs is 1. The van der Waals surface area contributed by atoms with Crippen LogP contribution in [0.1, 0.15) is 69.2 Å². The number of benzene rings is 3. The Bertz CT molecular complexity index is 1660. The summed E-state index contributed by atoms with van der Waals surface area (Å²) >= 11 is 7.59. The van der Waals surface area contributed by atoms with Gasteiger partial charge in [0.15, 0.2) is 0 Å². The minimum Gasteiger partial charge on any atom is -0.489 e. The van der Waals surface area contributed by atoms with Crippen LogP contribution in [0.3, 0.4) is 0 Å². The van der Waals surface area contributed by atoms with Gasteiger partial charge in [0.05, 0.1) is 5.69 Å². The largest absolute Gasteiger partial charge is 0.489 e. The summed E-state index contributed by atoms with van der Waals surface area (Å²) < 4.78 is 8.71. The second-order valence-electron chi connectivity index (χ2n) is 12.0. The number of imidazole rings is 1. The average molecular weight is 642 g/mol. The van der Waals surface area contributed by atoms with Gasteiger partial charge >= 0.3 is 5.97 Å². The lowest BCUT2D eigenvalue weighted by Crippen LogP contribution is -2.19. The van der Waals surface area contributed by atoms with Gasteiger partial charge in [-0.3, -0.25) is 4.79 Å².